The Morgan fingerprint density at radius 2 is 1.88 bits per heavy atom. The van der Waals surface area contributed by atoms with Gasteiger partial charge in [0.15, 0.2) is 0 Å². The van der Waals surface area contributed by atoms with Gasteiger partial charge in [0.2, 0.25) is 15.0 Å². The minimum absolute atomic E-state index is 0.000811. The lowest BCUT2D eigenvalue weighted by molar-refractivity contribution is 0.0609. The summed E-state index contributed by atoms with van der Waals surface area (Å²) in [6.45, 7) is 8.92. The molecule has 6 heteroatoms. The van der Waals surface area contributed by atoms with E-state index in [4.69, 9.17) is 0 Å². The maximum Gasteiger partial charge on any atom is 0.211 e. The van der Waals surface area contributed by atoms with E-state index in [1.165, 1.54) is 38.0 Å². The minimum atomic E-state index is -3.95. The lowest BCUT2D eigenvalue weighted by Crippen LogP contribution is -2.32. The van der Waals surface area contributed by atoms with E-state index in [2.05, 4.69) is 32.1 Å². The molecule has 186 valence electrons. The number of hydrogen-bond acceptors (Lipinski definition) is 4. The smallest absolute Gasteiger partial charge is 0.211 e. The summed E-state index contributed by atoms with van der Waals surface area (Å²) in [5, 5.41) is 18.9. The first-order chi connectivity index (χ1) is 15.3. The maximum absolute atomic E-state index is 14.5. The van der Waals surface area contributed by atoms with Crippen LogP contribution in [0.5, 0.6) is 0 Å². The van der Waals surface area contributed by atoms with E-state index in [0.717, 1.165) is 31.3 Å². The van der Waals surface area contributed by atoms with Crippen LogP contribution in [0, 0.1) is 17.3 Å². The van der Waals surface area contributed by atoms with Crippen LogP contribution in [0.25, 0.3) is 0 Å². The van der Waals surface area contributed by atoms with Gasteiger partial charge in [0.1, 0.15) is 0 Å². The highest BCUT2D eigenvalue weighted by molar-refractivity contribution is 7.96. The zero-order valence-corrected chi connectivity index (χ0v) is 21.6. The molecule has 0 heterocycles. The third kappa shape index (κ3) is 5.54. The first kappa shape index (κ1) is 26.4. The van der Waals surface area contributed by atoms with E-state index in [9.17, 15) is 23.0 Å². The lowest BCUT2D eigenvalue weighted by atomic mass is 9.62. The van der Waals surface area contributed by atoms with Gasteiger partial charge in [-0.2, -0.15) is 4.39 Å². The van der Waals surface area contributed by atoms with E-state index >= 15 is 0 Å². The molecule has 0 spiro atoms. The Bertz CT molecular complexity index is 955. The first-order valence-corrected chi connectivity index (χ1v) is 13.8. The summed E-state index contributed by atoms with van der Waals surface area (Å²) in [7, 11) is -3.95. The van der Waals surface area contributed by atoms with Gasteiger partial charge >= 0.3 is 0 Å². The summed E-state index contributed by atoms with van der Waals surface area (Å²) >= 11 is 0. The van der Waals surface area contributed by atoms with E-state index in [-0.39, 0.29) is 11.3 Å². The number of fused-ring (bicyclic) bond motifs is 1. The molecule has 0 radical (unpaired) electrons. The second-order valence-electron chi connectivity index (χ2n) is 11.5. The van der Waals surface area contributed by atoms with Crippen LogP contribution in [0.4, 0.5) is 4.39 Å². The maximum atomic E-state index is 14.5. The summed E-state index contributed by atoms with van der Waals surface area (Å²) in [6.07, 6.45) is 13.1. The van der Waals surface area contributed by atoms with E-state index < -0.39 is 32.0 Å². The molecule has 0 bridgehead atoms. The zero-order valence-electron chi connectivity index (χ0n) is 20.8. The third-order valence-electron chi connectivity index (χ3n) is 7.91. The monoisotopic (exact) mass is 480 g/mol. The molecule has 0 aromatic rings. The quantitative estimate of drug-likeness (QED) is 0.478. The van der Waals surface area contributed by atoms with Crippen LogP contribution in [-0.2, 0) is 9.84 Å². The Kier molecular flexibility index (Phi) is 7.82. The summed E-state index contributed by atoms with van der Waals surface area (Å²) in [6, 6.07) is 0. The molecule has 3 rings (SSSR count). The summed E-state index contributed by atoms with van der Waals surface area (Å²) < 4.78 is 38.1. The lowest BCUT2D eigenvalue weighted by Gasteiger charge is -2.42. The van der Waals surface area contributed by atoms with Crippen molar-refractivity contribution in [3.8, 4) is 0 Å². The van der Waals surface area contributed by atoms with Gasteiger partial charge in [0, 0.05) is 0 Å². The highest BCUT2D eigenvalue weighted by atomic mass is 32.2. The van der Waals surface area contributed by atoms with Crippen molar-refractivity contribution in [2.45, 2.75) is 103 Å². The number of halogens is 1. The molecule has 3 aliphatic rings. The molecule has 2 fully saturated rings. The third-order valence-corrected chi connectivity index (χ3v) is 10.2. The number of hydrogen-bond donors (Lipinski definition) is 2. The molecule has 0 saturated heterocycles. The van der Waals surface area contributed by atoms with Crippen molar-refractivity contribution in [1.29, 1.82) is 0 Å². The molecule has 33 heavy (non-hydrogen) atoms. The molecule has 0 aromatic heterocycles. The van der Waals surface area contributed by atoms with Gasteiger partial charge in [-0.05, 0) is 95.5 Å². The van der Waals surface area contributed by atoms with Crippen molar-refractivity contribution >= 4 is 9.84 Å². The topological polar surface area (TPSA) is 74.6 Å². The number of aliphatic hydroxyl groups excluding tert-OH is 2. The van der Waals surface area contributed by atoms with Gasteiger partial charge in [-0.3, -0.25) is 0 Å². The standard InChI is InChI=1S/C27H41FO4S/c1-18(8-13-25(28)33(31,32)26(2,3)4)23-11-12-24-20(7-6-14-27(23,24)5)10-9-19-15-21(29)17-22(30)16-19/h9-11,13,18,21-22,24,29-30H,6-8,12,14-17H2,1-5H3/b20-10+,25-13+/t18-,21-,22-,24+,27-/m1/s1. The molecule has 0 aromatic carbocycles. The van der Waals surface area contributed by atoms with Crippen molar-refractivity contribution in [3.63, 3.8) is 0 Å². The fraction of sp³-hybridized carbons (Fsp3) is 0.704. The summed E-state index contributed by atoms with van der Waals surface area (Å²) in [5.41, 5.74) is 3.81. The molecule has 4 nitrogen and oxygen atoms in total. The summed E-state index contributed by atoms with van der Waals surface area (Å²) in [4.78, 5) is 0. The molecule has 3 aliphatic carbocycles. The molecule has 2 saturated carbocycles. The Labute approximate surface area is 199 Å². The summed E-state index contributed by atoms with van der Waals surface area (Å²) in [5.74, 6) is 0.466. The minimum Gasteiger partial charge on any atom is -0.393 e. The fourth-order valence-corrected chi connectivity index (χ4v) is 6.85. The molecule has 0 amide bonds. The molecule has 5 atom stereocenters. The van der Waals surface area contributed by atoms with Crippen molar-refractivity contribution in [2.75, 3.05) is 0 Å². The van der Waals surface area contributed by atoms with Crippen LogP contribution >= 0.6 is 0 Å². The van der Waals surface area contributed by atoms with Crippen molar-refractivity contribution in [2.24, 2.45) is 17.3 Å². The highest BCUT2D eigenvalue weighted by Crippen LogP contribution is 2.57. The SMILES string of the molecule is C[C@H](C/C=C(\F)S(=O)(=O)C(C)(C)C)C1=CC[C@H]2/C(=C/C=C3C[C@@H](O)C[C@H](O)C3)CCC[C@]12C. The zero-order chi connectivity index (χ0) is 24.6. The Hall–Kier alpha value is -1.24. The van der Waals surface area contributed by atoms with Crippen LogP contribution in [0.1, 0.15) is 86.0 Å². The average Bonchev–Trinajstić information content (AvgIpc) is 3.06. The van der Waals surface area contributed by atoms with Crippen molar-refractivity contribution in [1.82, 2.24) is 0 Å². The molecular formula is C27H41FO4S. The van der Waals surface area contributed by atoms with Gasteiger partial charge in [-0.25, -0.2) is 8.42 Å². The number of allylic oxidation sites excluding steroid dienone is 6. The molecule has 0 aliphatic heterocycles. The first-order valence-electron chi connectivity index (χ1n) is 12.3. The molecule has 0 unspecified atom stereocenters. The average molecular weight is 481 g/mol. The number of aliphatic hydroxyl groups is 2. The molecule has 2 N–H and O–H groups in total. The van der Waals surface area contributed by atoms with Crippen LogP contribution in [0.3, 0.4) is 0 Å². The molecular weight excluding hydrogens is 439 g/mol. The fourth-order valence-electron chi connectivity index (χ4n) is 5.94. The number of rotatable bonds is 5. The van der Waals surface area contributed by atoms with Crippen LogP contribution in [-0.4, -0.2) is 35.6 Å². The van der Waals surface area contributed by atoms with E-state index in [1.807, 2.05) is 0 Å². The second-order valence-corrected chi connectivity index (χ2v) is 14.1. The Morgan fingerprint density at radius 3 is 2.48 bits per heavy atom. The predicted octanol–water partition coefficient (Wildman–Crippen LogP) is 5.93. The van der Waals surface area contributed by atoms with Gasteiger partial charge in [-0.1, -0.05) is 48.8 Å². The van der Waals surface area contributed by atoms with Gasteiger partial charge in [-0.15, -0.1) is 0 Å². The largest absolute Gasteiger partial charge is 0.393 e. The second kappa shape index (κ2) is 9.79. The van der Waals surface area contributed by atoms with Crippen LogP contribution in [0.15, 0.2) is 46.2 Å². The van der Waals surface area contributed by atoms with Crippen LogP contribution in [0.2, 0.25) is 0 Å². The highest BCUT2D eigenvalue weighted by Gasteiger charge is 2.46. The predicted molar refractivity (Wildman–Crippen MR) is 132 cm³/mol. The van der Waals surface area contributed by atoms with Crippen LogP contribution < -0.4 is 0 Å². The van der Waals surface area contributed by atoms with Gasteiger partial charge < -0.3 is 10.2 Å². The number of sulfone groups is 1. The van der Waals surface area contributed by atoms with Gasteiger partial charge in [0.25, 0.3) is 0 Å². The van der Waals surface area contributed by atoms with E-state index in [0.29, 0.717) is 31.6 Å². The van der Waals surface area contributed by atoms with Gasteiger partial charge in [0.05, 0.1) is 17.0 Å². The normalized spacial score (nSPS) is 33.6. The van der Waals surface area contributed by atoms with Crippen molar-refractivity contribution in [3.05, 3.63) is 46.2 Å². The Balaban J connectivity index is 1.74. The Morgan fingerprint density at radius 1 is 1.24 bits per heavy atom. The van der Waals surface area contributed by atoms with E-state index in [1.54, 1.807) is 0 Å². The van der Waals surface area contributed by atoms with Crippen molar-refractivity contribution < 1.29 is 23.0 Å².